The monoisotopic (exact) mass is 257 g/mol. The molecule has 0 aromatic heterocycles. The highest BCUT2D eigenvalue weighted by Crippen LogP contribution is 2.34. The lowest BCUT2D eigenvalue weighted by atomic mass is 10.2. The summed E-state index contributed by atoms with van der Waals surface area (Å²) in [5.74, 6) is -1.43. The minimum Gasteiger partial charge on any atom is -0.480 e. The second kappa shape index (κ2) is 6.23. The van der Waals surface area contributed by atoms with Gasteiger partial charge in [0.15, 0.2) is 0 Å². The van der Waals surface area contributed by atoms with Crippen molar-refractivity contribution < 1.29 is 19.5 Å². The predicted octanol–water partition coefficient (Wildman–Crippen LogP) is -0.243. The van der Waals surface area contributed by atoms with Crippen LogP contribution in [-0.2, 0) is 9.59 Å². The highest BCUT2D eigenvalue weighted by molar-refractivity contribution is 5.86. The normalized spacial score (nSPS) is 21.2. The van der Waals surface area contributed by atoms with Gasteiger partial charge >= 0.3 is 12.0 Å². The highest BCUT2D eigenvalue weighted by Gasteiger charge is 2.38. The van der Waals surface area contributed by atoms with Gasteiger partial charge in [-0.1, -0.05) is 13.3 Å². The number of hydrogen-bond acceptors (Lipinski definition) is 3. The first-order valence-corrected chi connectivity index (χ1v) is 5.99. The van der Waals surface area contributed by atoms with Crippen LogP contribution >= 0.6 is 0 Å². The van der Waals surface area contributed by atoms with E-state index in [1.165, 1.54) is 0 Å². The Kier molecular flexibility index (Phi) is 4.94. The van der Waals surface area contributed by atoms with Crippen molar-refractivity contribution in [3.8, 4) is 0 Å². The van der Waals surface area contributed by atoms with E-state index in [-0.39, 0.29) is 12.6 Å². The van der Waals surface area contributed by atoms with Crippen molar-refractivity contribution in [2.24, 2.45) is 11.7 Å². The Labute approximate surface area is 105 Å². The Morgan fingerprint density at radius 3 is 2.56 bits per heavy atom. The third kappa shape index (κ3) is 4.60. The lowest BCUT2D eigenvalue weighted by molar-refractivity contribution is -0.137. The van der Waals surface area contributed by atoms with Gasteiger partial charge in [0.1, 0.15) is 13.1 Å². The zero-order chi connectivity index (χ0) is 13.7. The maximum Gasteiger partial charge on any atom is 0.323 e. The molecular weight excluding hydrogens is 238 g/mol. The summed E-state index contributed by atoms with van der Waals surface area (Å²) in [4.78, 5) is 34.0. The largest absolute Gasteiger partial charge is 0.480 e. The number of aliphatic carboxylic acids is 1. The van der Waals surface area contributed by atoms with E-state index in [4.69, 9.17) is 10.8 Å². The maximum atomic E-state index is 11.8. The van der Waals surface area contributed by atoms with Crippen LogP contribution in [0.4, 0.5) is 4.79 Å². The zero-order valence-electron chi connectivity index (χ0n) is 10.4. The summed E-state index contributed by atoms with van der Waals surface area (Å²) in [6.45, 7) is 1.16. The first-order valence-electron chi connectivity index (χ1n) is 5.99. The van der Waals surface area contributed by atoms with Crippen LogP contribution in [0.2, 0.25) is 0 Å². The lowest BCUT2D eigenvalue weighted by Crippen LogP contribution is -2.47. The summed E-state index contributed by atoms with van der Waals surface area (Å²) in [5, 5.41) is 11.4. The van der Waals surface area contributed by atoms with Gasteiger partial charge in [-0.25, -0.2) is 4.79 Å². The second-order valence-corrected chi connectivity index (χ2v) is 4.56. The number of carboxylic acid groups (broad SMARTS) is 1. The van der Waals surface area contributed by atoms with Crippen LogP contribution in [0, 0.1) is 5.92 Å². The number of hydrogen-bond donors (Lipinski definition) is 3. The van der Waals surface area contributed by atoms with Gasteiger partial charge in [0.25, 0.3) is 0 Å². The maximum absolute atomic E-state index is 11.8. The molecule has 2 atom stereocenters. The fourth-order valence-electron chi connectivity index (χ4n) is 1.91. The first-order chi connectivity index (χ1) is 8.43. The van der Waals surface area contributed by atoms with Crippen molar-refractivity contribution in [2.75, 3.05) is 13.1 Å². The molecule has 7 nitrogen and oxygen atoms in total. The lowest BCUT2D eigenvalue weighted by Gasteiger charge is -2.19. The van der Waals surface area contributed by atoms with Gasteiger partial charge in [0.05, 0.1) is 0 Å². The Balaban J connectivity index is 2.44. The molecule has 0 aromatic rings. The average molecular weight is 257 g/mol. The molecule has 18 heavy (non-hydrogen) atoms. The SMILES string of the molecule is CCCC1CC1NC(=O)N(CC(N)=O)CC(=O)O. The molecule has 2 unspecified atom stereocenters. The summed E-state index contributed by atoms with van der Waals surface area (Å²) in [6.07, 6.45) is 3.01. The van der Waals surface area contributed by atoms with Crippen LogP contribution in [-0.4, -0.2) is 47.0 Å². The summed E-state index contributed by atoms with van der Waals surface area (Å²) >= 11 is 0. The number of rotatable bonds is 7. The fraction of sp³-hybridized carbons (Fsp3) is 0.727. The number of nitrogens with one attached hydrogen (secondary N) is 1. The van der Waals surface area contributed by atoms with E-state index in [1.54, 1.807) is 0 Å². The minimum atomic E-state index is -1.17. The Morgan fingerprint density at radius 2 is 2.06 bits per heavy atom. The van der Waals surface area contributed by atoms with E-state index >= 15 is 0 Å². The Morgan fingerprint density at radius 1 is 1.39 bits per heavy atom. The molecule has 0 aromatic carbocycles. The second-order valence-electron chi connectivity index (χ2n) is 4.56. The topological polar surface area (TPSA) is 113 Å². The molecule has 1 aliphatic carbocycles. The number of carbonyl (C=O) groups excluding carboxylic acids is 2. The summed E-state index contributed by atoms with van der Waals surface area (Å²) in [5.41, 5.74) is 4.97. The quantitative estimate of drug-likeness (QED) is 0.584. The van der Waals surface area contributed by atoms with E-state index in [9.17, 15) is 14.4 Å². The van der Waals surface area contributed by atoms with Gasteiger partial charge in [-0.05, 0) is 18.8 Å². The van der Waals surface area contributed by atoms with E-state index in [2.05, 4.69) is 12.2 Å². The van der Waals surface area contributed by atoms with E-state index in [0.717, 1.165) is 24.2 Å². The molecule has 1 saturated carbocycles. The molecule has 4 N–H and O–H groups in total. The van der Waals surface area contributed by atoms with Gasteiger partial charge in [0, 0.05) is 6.04 Å². The van der Waals surface area contributed by atoms with Gasteiger partial charge < -0.3 is 21.1 Å². The molecule has 1 fully saturated rings. The van der Waals surface area contributed by atoms with Crippen molar-refractivity contribution in [2.45, 2.75) is 32.2 Å². The van der Waals surface area contributed by atoms with E-state index in [0.29, 0.717) is 5.92 Å². The molecule has 0 heterocycles. The number of amides is 3. The number of nitrogens with zero attached hydrogens (tertiary/aromatic N) is 1. The minimum absolute atomic E-state index is 0.0987. The number of primary amides is 1. The summed E-state index contributed by atoms with van der Waals surface area (Å²) in [7, 11) is 0. The smallest absolute Gasteiger partial charge is 0.323 e. The molecule has 0 spiro atoms. The number of carbonyl (C=O) groups is 3. The van der Waals surface area contributed by atoms with Gasteiger partial charge in [-0.3, -0.25) is 9.59 Å². The molecule has 0 bridgehead atoms. The third-order valence-electron chi connectivity index (χ3n) is 2.85. The number of carboxylic acids is 1. The van der Waals surface area contributed by atoms with Gasteiger partial charge in [-0.15, -0.1) is 0 Å². The standard InChI is InChI=1S/C11H19N3O4/c1-2-3-7-4-8(7)13-11(18)14(5-9(12)15)6-10(16)17/h7-8H,2-6H2,1H3,(H2,12,15)(H,13,18)(H,16,17). The van der Waals surface area contributed by atoms with Crippen molar-refractivity contribution in [1.82, 2.24) is 10.2 Å². The van der Waals surface area contributed by atoms with Crippen LogP contribution in [0.3, 0.4) is 0 Å². The van der Waals surface area contributed by atoms with Crippen molar-refractivity contribution in [1.29, 1.82) is 0 Å². The summed E-state index contributed by atoms with van der Waals surface area (Å²) in [6, 6.07) is -0.443. The molecule has 0 saturated heterocycles. The number of nitrogens with two attached hydrogens (primary N) is 1. The van der Waals surface area contributed by atoms with Crippen LogP contribution in [0.5, 0.6) is 0 Å². The molecule has 3 amide bonds. The molecule has 0 radical (unpaired) electrons. The molecule has 102 valence electrons. The van der Waals surface area contributed by atoms with Crippen molar-refractivity contribution >= 4 is 17.9 Å². The first kappa shape index (κ1) is 14.3. The van der Waals surface area contributed by atoms with Gasteiger partial charge in [-0.2, -0.15) is 0 Å². The molecule has 0 aliphatic heterocycles. The molecule has 1 rings (SSSR count). The number of urea groups is 1. The third-order valence-corrected chi connectivity index (χ3v) is 2.85. The fourth-order valence-corrected chi connectivity index (χ4v) is 1.91. The predicted molar refractivity (Wildman–Crippen MR) is 63.7 cm³/mol. The molecule has 1 aliphatic rings. The van der Waals surface area contributed by atoms with Crippen LogP contribution < -0.4 is 11.1 Å². The van der Waals surface area contributed by atoms with Crippen LogP contribution in [0.1, 0.15) is 26.2 Å². The highest BCUT2D eigenvalue weighted by atomic mass is 16.4. The van der Waals surface area contributed by atoms with Crippen LogP contribution in [0.25, 0.3) is 0 Å². The Hall–Kier alpha value is -1.79. The van der Waals surface area contributed by atoms with Crippen molar-refractivity contribution in [3.63, 3.8) is 0 Å². The van der Waals surface area contributed by atoms with E-state index in [1.807, 2.05) is 0 Å². The van der Waals surface area contributed by atoms with Gasteiger partial charge in [0.2, 0.25) is 5.91 Å². The van der Waals surface area contributed by atoms with Crippen molar-refractivity contribution in [3.05, 3.63) is 0 Å². The van der Waals surface area contributed by atoms with E-state index < -0.39 is 24.5 Å². The Bertz CT molecular complexity index is 329. The molecular formula is C11H19N3O4. The zero-order valence-corrected chi connectivity index (χ0v) is 10.4. The average Bonchev–Trinajstić information content (AvgIpc) is 2.94. The summed E-state index contributed by atoms with van der Waals surface area (Å²) < 4.78 is 0. The van der Waals surface area contributed by atoms with Crippen LogP contribution in [0.15, 0.2) is 0 Å². The molecule has 7 heteroatoms.